The number of likely N-dealkylation sites (tertiary alicyclic amines) is 2. The van der Waals surface area contributed by atoms with Crippen LogP contribution in [0.4, 0.5) is 21.0 Å². The first kappa shape index (κ1) is 30.0. The van der Waals surface area contributed by atoms with Crippen LogP contribution in [0.5, 0.6) is 0 Å². The van der Waals surface area contributed by atoms with E-state index in [1.807, 2.05) is 15.2 Å². The average Bonchev–Trinajstić information content (AvgIpc) is 3.45. The number of nitrogens with one attached hydrogen (secondary N) is 2. The molecule has 2 fully saturated rings. The van der Waals surface area contributed by atoms with Gasteiger partial charge in [-0.2, -0.15) is 0 Å². The number of terminal acetylenes is 1. The molecule has 1 aromatic heterocycles. The topological polar surface area (TPSA) is 114 Å². The van der Waals surface area contributed by atoms with Crippen molar-refractivity contribution < 1.29 is 14.4 Å². The van der Waals surface area contributed by atoms with Gasteiger partial charge in [-0.05, 0) is 62.9 Å². The number of anilines is 2. The smallest absolute Gasteiger partial charge is 0.322 e. The first-order valence-corrected chi connectivity index (χ1v) is 15.6. The third kappa shape index (κ3) is 6.46. The van der Waals surface area contributed by atoms with Gasteiger partial charge in [0.25, 0.3) is 0 Å². The number of halogens is 1. The first-order valence-electron chi connectivity index (χ1n) is 14.3. The second kappa shape index (κ2) is 12.8. The Morgan fingerprint density at radius 2 is 1.86 bits per heavy atom. The molecule has 12 heteroatoms. The minimum Gasteiger partial charge on any atom is -0.397 e. The van der Waals surface area contributed by atoms with Gasteiger partial charge in [-0.1, -0.05) is 17.5 Å². The number of piperidine rings is 2. The second-order valence-corrected chi connectivity index (χ2v) is 12.6. The van der Waals surface area contributed by atoms with Crippen LogP contribution in [0.25, 0.3) is 0 Å². The SMILES string of the molecule is C#Cc1cc(C[C@@H](NC(=O)N2CCC(N3Cc4cscc4NC3=O)CC2)C(=O)N2CCC(N(C)C)CC2)cc(Cl)c1N. The van der Waals surface area contributed by atoms with Crippen molar-refractivity contribution in [3.8, 4) is 12.3 Å². The van der Waals surface area contributed by atoms with Gasteiger partial charge in [0, 0.05) is 61.2 Å². The maximum Gasteiger partial charge on any atom is 0.322 e. The lowest BCUT2D eigenvalue weighted by Gasteiger charge is -2.40. The Hall–Kier alpha value is -3.46. The summed E-state index contributed by atoms with van der Waals surface area (Å²) < 4.78 is 0. The second-order valence-electron chi connectivity index (χ2n) is 11.5. The number of thiophene rings is 1. The molecule has 10 nitrogen and oxygen atoms in total. The number of rotatable bonds is 6. The predicted molar refractivity (Wildman–Crippen MR) is 167 cm³/mol. The summed E-state index contributed by atoms with van der Waals surface area (Å²) in [5.41, 5.74) is 9.53. The van der Waals surface area contributed by atoms with E-state index in [1.165, 1.54) is 0 Å². The summed E-state index contributed by atoms with van der Waals surface area (Å²) >= 11 is 7.92. The summed E-state index contributed by atoms with van der Waals surface area (Å²) in [6, 6.07) is 2.73. The first-order chi connectivity index (χ1) is 20.1. The third-order valence-electron chi connectivity index (χ3n) is 8.66. The Morgan fingerprint density at radius 3 is 2.52 bits per heavy atom. The number of carbonyl (C=O) groups excluding carboxylic acids is 3. The Balaban J connectivity index is 1.25. The van der Waals surface area contributed by atoms with E-state index in [9.17, 15) is 14.4 Å². The zero-order valence-electron chi connectivity index (χ0n) is 24.1. The van der Waals surface area contributed by atoms with Gasteiger partial charge in [-0.25, -0.2) is 9.59 Å². The largest absolute Gasteiger partial charge is 0.397 e. The van der Waals surface area contributed by atoms with Crippen LogP contribution >= 0.6 is 22.9 Å². The molecule has 3 aliphatic heterocycles. The highest BCUT2D eigenvalue weighted by atomic mass is 35.5. The lowest BCUT2D eigenvalue weighted by Crippen LogP contribution is -2.57. The fraction of sp³-hybridized carbons (Fsp3) is 0.500. The van der Waals surface area contributed by atoms with Crippen LogP contribution in [-0.4, -0.2) is 96.0 Å². The van der Waals surface area contributed by atoms with E-state index in [0.717, 1.165) is 29.7 Å². The van der Waals surface area contributed by atoms with Gasteiger partial charge in [0.2, 0.25) is 5.91 Å². The van der Waals surface area contributed by atoms with Crippen molar-refractivity contribution >= 4 is 52.3 Å². The Morgan fingerprint density at radius 1 is 1.17 bits per heavy atom. The number of fused-ring (bicyclic) bond motifs is 1. The number of urea groups is 2. The summed E-state index contributed by atoms with van der Waals surface area (Å²) in [7, 11) is 4.11. The molecule has 4 heterocycles. The fourth-order valence-corrected chi connectivity index (χ4v) is 7.11. The molecule has 224 valence electrons. The van der Waals surface area contributed by atoms with Gasteiger partial charge >= 0.3 is 12.1 Å². The lowest BCUT2D eigenvalue weighted by molar-refractivity contribution is -0.134. The van der Waals surface area contributed by atoms with E-state index < -0.39 is 6.04 Å². The van der Waals surface area contributed by atoms with E-state index in [4.69, 9.17) is 23.8 Å². The van der Waals surface area contributed by atoms with Crippen molar-refractivity contribution in [3.05, 3.63) is 44.6 Å². The minimum atomic E-state index is -0.790. The summed E-state index contributed by atoms with van der Waals surface area (Å²) in [5, 5.41) is 10.3. The highest BCUT2D eigenvalue weighted by molar-refractivity contribution is 7.08. The van der Waals surface area contributed by atoms with Crippen LogP contribution in [0.2, 0.25) is 5.02 Å². The van der Waals surface area contributed by atoms with E-state index in [1.54, 1.807) is 28.4 Å². The standard InChI is InChI=1S/C30H38ClN7O3S/c1-4-20-13-19(14-24(31)27(20)32)15-25(28(39)36-9-5-22(6-10-36)35(2)3)33-29(40)37-11-7-23(8-12-37)38-16-21-17-42-18-26(21)34-30(38)41/h1,13-14,17-18,22-23,25H,5-12,15-16,32H2,2-3H3,(H,33,40)(H,34,41)/t25-/m1/s1. The van der Waals surface area contributed by atoms with Crippen molar-refractivity contribution in [1.82, 2.24) is 24.9 Å². The zero-order valence-corrected chi connectivity index (χ0v) is 25.6. The molecular formula is C30H38ClN7O3S. The normalized spacial score (nSPS) is 18.8. The van der Waals surface area contributed by atoms with Gasteiger partial charge in [-0.15, -0.1) is 17.8 Å². The maximum atomic E-state index is 13.8. The molecule has 3 aliphatic rings. The third-order valence-corrected chi connectivity index (χ3v) is 9.77. The number of carbonyl (C=O) groups is 3. The van der Waals surface area contributed by atoms with E-state index in [-0.39, 0.29) is 30.4 Å². The number of hydrogen-bond donors (Lipinski definition) is 3. The molecule has 5 amide bonds. The molecule has 0 bridgehead atoms. The molecule has 42 heavy (non-hydrogen) atoms. The van der Waals surface area contributed by atoms with Crippen LogP contribution in [0.15, 0.2) is 22.9 Å². The lowest BCUT2D eigenvalue weighted by atomic mass is 9.99. The quantitative estimate of drug-likeness (QED) is 0.341. The molecule has 0 unspecified atom stereocenters. The molecule has 0 aliphatic carbocycles. The van der Waals surface area contributed by atoms with E-state index in [2.05, 4.69) is 40.9 Å². The molecule has 1 atom stereocenters. The molecule has 0 saturated carbocycles. The fourth-order valence-electron chi connectivity index (χ4n) is 6.08. The van der Waals surface area contributed by atoms with Crippen LogP contribution in [-0.2, 0) is 17.8 Å². The molecule has 0 spiro atoms. The van der Waals surface area contributed by atoms with Crippen LogP contribution in [0.1, 0.15) is 42.4 Å². The highest BCUT2D eigenvalue weighted by Gasteiger charge is 2.35. The summed E-state index contributed by atoms with van der Waals surface area (Å²) in [5.74, 6) is 2.43. The van der Waals surface area contributed by atoms with Crippen LogP contribution in [0, 0.1) is 12.3 Å². The molecule has 5 rings (SSSR count). The monoisotopic (exact) mass is 611 g/mol. The van der Waals surface area contributed by atoms with Crippen LogP contribution < -0.4 is 16.4 Å². The van der Waals surface area contributed by atoms with Gasteiger partial charge < -0.3 is 36.0 Å². The number of nitrogen functional groups attached to an aromatic ring is 1. The zero-order chi connectivity index (χ0) is 30.0. The Bertz CT molecular complexity index is 1370. The van der Waals surface area contributed by atoms with Gasteiger partial charge in [0.15, 0.2) is 0 Å². The maximum absolute atomic E-state index is 13.8. The van der Waals surface area contributed by atoms with E-state index in [0.29, 0.717) is 67.9 Å². The molecule has 2 aromatic rings. The van der Waals surface area contributed by atoms with E-state index >= 15 is 0 Å². The molecule has 1 aromatic carbocycles. The van der Waals surface area contributed by atoms with Crippen molar-refractivity contribution in [2.45, 2.75) is 56.8 Å². The van der Waals surface area contributed by atoms with Crippen molar-refractivity contribution in [3.63, 3.8) is 0 Å². The van der Waals surface area contributed by atoms with Crippen LogP contribution in [0.3, 0.4) is 0 Å². The Kier molecular flexibility index (Phi) is 9.16. The van der Waals surface area contributed by atoms with Crippen molar-refractivity contribution in [2.75, 3.05) is 51.3 Å². The summed E-state index contributed by atoms with van der Waals surface area (Å²) in [6.07, 6.45) is 8.94. The van der Waals surface area contributed by atoms with Gasteiger partial charge in [-0.3, -0.25) is 4.79 Å². The summed E-state index contributed by atoms with van der Waals surface area (Å²) in [6.45, 7) is 2.80. The number of nitrogens with two attached hydrogens (primary N) is 1. The number of benzene rings is 1. The number of nitrogens with zero attached hydrogens (tertiary/aromatic N) is 4. The molecule has 2 saturated heterocycles. The molecule has 4 N–H and O–H groups in total. The number of amides is 5. The summed E-state index contributed by atoms with van der Waals surface area (Å²) in [4.78, 5) is 47.7. The molecular weight excluding hydrogens is 574 g/mol. The van der Waals surface area contributed by atoms with Crippen molar-refractivity contribution in [1.29, 1.82) is 0 Å². The highest BCUT2D eigenvalue weighted by Crippen LogP contribution is 2.30. The number of hydrogen-bond acceptors (Lipinski definition) is 6. The Labute approximate surface area is 256 Å². The predicted octanol–water partition coefficient (Wildman–Crippen LogP) is 3.65. The van der Waals surface area contributed by atoms with Gasteiger partial charge in [0.05, 0.1) is 22.9 Å². The molecule has 0 radical (unpaired) electrons. The minimum absolute atomic E-state index is 0.0385. The van der Waals surface area contributed by atoms with Crippen molar-refractivity contribution in [2.24, 2.45) is 0 Å². The van der Waals surface area contributed by atoms with Gasteiger partial charge in [0.1, 0.15) is 6.04 Å². The average molecular weight is 612 g/mol.